The van der Waals surface area contributed by atoms with Gasteiger partial charge in [-0.3, -0.25) is 9.48 Å². The summed E-state index contributed by atoms with van der Waals surface area (Å²) < 4.78 is 18.7. The molecule has 42 heavy (non-hydrogen) atoms. The standard InChI is InChI=1S/C33H37N5O4/c1-22-14-23(2)38(35-22)9-8-32(39)37(19-24-6-7-30-31(15-24)42-21-41-30)20-28-17-27-16-25-4-3-5-26(25)18-29(27)34-33(28)36-10-12-40-13-11-36/h6-7,14-18H,3-5,8-13,19-21H2,1-2H3. The minimum atomic E-state index is 0.0715. The van der Waals surface area contributed by atoms with Crippen LogP contribution in [0, 0.1) is 13.8 Å². The highest BCUT2D eigenvalue weighted by Crippen LogP contribution is 2.34. The Morgan fingerprint density at radius 3 is 2.57 bits per heavy atom. The van der Waals surface area contributed by atoms with Crippen molar-refractivity contribution in [2.75, 3.05) is 38.0 Å². The molecule has 9 heteroatoms. The molecule has 0 saturated carbocycles. The molecule has 0 N–H and O–H groups in total. The molecule has 0 bridgehead atoms. The van der Waals surface area contributed by atoms with E-state index in [2.05, 4.69) is 28.2 Å². The molecule has 7 rings (SSSR count). The topological polar surface area (TPSA) is 82.0 Å². The first-order valence-electron chi connectivity index (χ1n) is 15.0. The number of benzene rings is 2. The third-order valence-corrected chi connectivity index (χ3v) is 8.56. The van der Waals surface area contributed by atoms with Crippen LogP contribution in [-0.2, 0) is 42.0 Å². The Labute approximate surface area is 246 Å². The van der Waals surface area contributed by atoms with Gasteiger partial charge in [0.2, 0.25) is 12.7 Å². The third kappa shape index (κ3) is 5.41. The van der Waals surface area contributed by atoms with Crippen LogP contribution in [-0.4, -0.2) is 58.7 Å². The number of hydrogen-bond donors (Lipinski definition) is 0. The minimum Gasteiger partial charge on any atom is -0.454 e. The molecular weight excluding hydrogens is 530 g/mol. The Kier molecular flexibility index (Phi) is 7.19. The largest absolute Gasteiger partial charge is 0.454 e. The average molecular weight is 568 g/mol. The van der Waals surface area contributed by atoms with E-state index in [9.17, 15) is 4.79 Å². The second-order valence-corrected chi connectivity index (χ2v) is 11.6. The third-order valence-electron chi connectivity index (χ3n) is 8.56. The van der Waals surface area contributed by atoms with Crippen molar-refractivity contribution in [1.29, 1.82) is 0 Å². The van der Waals surface area contributed by atoms with Crippen molar-refractivity contribution in [1.82, 2.24) is 19.7 Å². The van der Waals surface area contributed by atoms with Crippen LogP contribution in [0.1, 0.15) is 46.5 Å². The fourth-order valence-corrected chi connectivity index (χ4v) is 6.40. The number of morpholine rings is 1. The fourth-order valence-electron chi connectivity index (χ4n) is 6.40. The zero-order chi connectivity index (χ0) is 28.6. The predicted molar refractivity (Wildman–Crippen MR) is 160 cm³/mol. The SMILES string of the molecule is Cc1cc(C)n(CCC(=O)N(Cc2ccc3c(c2)OCO3)Cc2cc3cc4c(cc3nc2N2CCOCC2)CCC4)n1. The normalized spacial score (nSPS) is 15.8. The smallest absolute Gasteiger partial charge is 0.231 e. The lowest BCUT2D eigenvalue weighted by atomic mass is 10.0. The van der Waals surface area contributed by atoms with Crippen LogP contribution in [0.4, 0.5) is 5.82 Å². The van der Waals surface area contributed by atoms with Crippen molar-refractivity contribution in [3.8, 4) is 11.5 Å². The highest BCUT2D eigenvalue weighted by atomic mass is 16.7. The monoisotopic (exact) mass is 567 g/mol. The first-order valence-corrected chi connectivity index (χ1v) is 15.0. The second kappa shape index (κ2) is 11.3. The molecule has 218 valence electrons. The Morgan fingerprint density at radius 2 is 1.76 bits per heavy atom. The molecule has 2 aliphatic heterocycles. The highest BCUT2D eigenvalue weighted by molar-refractivity contribution is 5.84. The lowest BCUT2D eigenvalue weighted by Crippen LogP contribution is -2.38. The van der Waals surface area contributed by atoms with E-state index in [1.165, 1.54) is 17.5 Å². The van der Waals surface area contributed by atoms with Gasteiger partial charge in [-0.15, -0.1) is 0 Å². The summed E-state index contributed by atoms with van der Waals surface area (Å²) in [5.41, 5.74) is 7.94. The molecule has 0 radical (unpaired) electrons. The van der Waals surface area contributed by atoms with Gasteiger partial charge < -0.3 is 24.0 Å². The van der Waals surface area contributed by atoms with Gasteiger partial charge in [-0.05, 0) is 86.2 Å². The van der Waals surface area contributed by atoms with Crippen LogP contribution in [0.25, 0.3) is 10.9 Å². The molecule has 2 aromatic carbocycles. The number of carbonyl (C=O) groups is 1. The second-order valence-electron chi connectivity index (χ2n) is 11.6. The van der Waals surface area contributed by atoms with Crippen molar-refractivity contribution < 1.29 is 19.0 Å². The zero-order valence-electron chi connectivity index (χ0n) is 24.4. The van der Waals surface area contributed by atoms with Crippen molar-refractivity contribution in [2.45, 2.75) is 59.2 Å². The summed E-state index contributed by atoms with van der Waals surface area (Å²) in [7, 11) is 0. The summed E-state index contributed by atoms with van der Waals surface area (Å²) in [6.45, 7) is 8.59. The van der Waals surface area contributed by atoms with Gasteiger partial charge in [0, 0.05) is 55.8 Å². The summed E-state index contributed by atoms with van der Waals surface area (Å²) in [6, 6.07) is 14.8. The van der Waals surface area contributed by atoms with Gasteiger partial charge >= 0.3 is 0 Å². The molecule has 0 unspecified atom stereocenters. The van der Waals surface area contributed by atoms with Crippen LogP contribution in [0.3, 0.4) is 0 Å². The number of ether oxygens (including phenoxy) is 3. The molecule has 4 aromatic rings. The van der Waals surface area contributed by atoms with Gasteiger partial charge in [0.15, 0.2) is 11.5 Å². The molecule has 1 aliphatic carbocycles. The van der Waals surface area contributed by atoms with E-state index in [-0.39, 0.29) is 12.7 Å². The Hall–Kier alpha value is -4.11. The molecule has 0 atom stereocenters. The van der Waals surface area contributed by atoms with E-state index in [1.54, 1.807) is 0 Å². The summed E-state index contributed by atoms with van der Waals surface area (Å²) in [6.07, 6.45) is 3.79. The fraction of sp³-hybridized carbons (Fsp3) is 0.424. The van der Waals surface area contributed by atoms with Crippen LogP contribution in [0.15, 0.2) is 42.5 Å². The van der Waals surface area contributed by atoms with Crippen molar-refractivity contribution in [3.05, 3.63) is 76.1 Å². The molecule has 9 nitrogen and oxygen atoms in total. The van der Waals surface area contributed by atoms with Crippen molar-refractivity contribution in [3.63, 3.8) is 0 Å². The number of nitrogens with zero attached hydrogens (tertiary/aromatic N) is 5. The summed E-state index contributed by atoms with van der Waals surface area (Å²) >= 11 is 0. The number of aromatic nitrogens is 3. The molecule has 1 fully saturated rings. The number of hydrogen-bond acceptors (Lipinski definition) is 7. The Bertz CT molecular complexity index is 1640. The number of anilines is 1. The Morgan fingerprint density at radius 1 is 0.952 bits per heavy atom. The maximum absolute atomic E-state index is 14.0. The highest BCUT2D eigenvalue weighted by Gasteiger charge is 2.24. The summed E-state index contributed by atoms with van der Waals surface area (Å²) in [5, 5.41) is 5.71. The lowest BCUT2D eigenvalue weighted by molar-refractivity contribution is -0.132. The maximum atomic E-state index is 14.0. The van der Waals surface area contributed by atoms with E-state index >= 15 is 0 Å². The number of amides is 1. The van der Waals surface area contributed by atoms with E-state index < -0.39 is 0 Å². The van der Waals surface area contributed by atoms with Crippen molar-refractivity contribution in [2.24, 2.45) is 0 Å². The van der Waals surface area contributed by atoms with Crippen LogP contribution < -0.4 is 14.4 Å². The molecular formula is C33H37N5O4. The van der Waals surface area contributed by atoms with Gasteiger partial charge in [-0.25, -0.2) is 4.98 Å². The number of pyridine rings is 1. The van der Waals surface area contributed by atoms with E-state index in [1.807, 2.05) is 47.7 Å². The molecule has 1 saturated heterocycles. The number of aryl methyl sites for hydroxylation is 5. The average Bonchev–Trinajstić information content (AvgIpc) is 3.73. The van der Waals surface area contributed by atoms with Gasteiger partial charge in [0.1, 0.15) is 5.82 Å². The summed E-state index contributed by atoms with van der Waals surface area (Å²) in [4.78, 5) is 23.4. The van der Waals surface area contributed by atoms with Crippen molar-refractivity contribution >= 4 is 22.6 Å². The van der Waals surface area contributed by atoms with Gasteiger partial charge in [-0.1, -0.05) is 6.07 Å². The zero-order valence-corrected chi connectivity index (χ0v) is 24.4. The summed E-state index contributed by atoms with van der Waals surface area (Å²) in [5.74, 6) is 2.48. The first-order chi connectivity index (χ1) is 20.5. The van der Waals surface area contributed by atoms with E-state index in [4.69, 9.17) is 19.2 Å². The van der Waals surface area contributed by atoms with Crippen LogP contribution in [0.5, 0.6) is 11.5 Å². The molecule has 2 aromatic heterocycles. The van der Waals surface area contributed by atoms with Crippen LogP contribution in [0.2, 0.25) is 0 Å². The predicted octanol–water partition coefficient (Wildman–Crippen LogP) is 4.72. The van der Waals surface area contributed by atoms with E-state index in [0.29, 0.717) is 39.3 Å². The van der Waals surface area contributed by atoms with Gasteiger partial charge in [0.25, 0.3) is 0 Å². The van der Waals surface area contributed by atoms with Gasteiger partial charge in [0.05, 0.1) is 24.4 Å². The number of fused-ring (bicyclic) bond motifs is 3. The quantitative estimate of drug-likeness (QED) is 0.305. The Balaban J connectivity index is 1.23. The molecule has 3 aliphatic rings. The molecule has 0 spiro atoms. The maximum Gasteiger partial charge on any atom is 0.231 e. The minimum absolute atomic E-state index is 0.0715. The van der Waals surface area contributed by atoms with E-state index in [0.717, 1.165) is 76.7 Å². The number of rotatable bonds is 8. The number of carbonyl (C=O) groups excluding carboxylic acids is 1. The van der Waals surface area contributed by atoms with Crippen LogP contribution >= 0.6 is 0 Å². The lowest BCUT2D eigenvalue weighted by Gasteiger charge is -2.31. The molecule has 1 amide bonds. The molecule has 4 heterocycles. The van der Waals surface area contributed by atoms with Gasteiger partial charge in [-0.2, -0.15) is 5.10 Å². The first kappa shape index (κ1) is 26.8.